The lowest BCUT2D eigenvalue weighted by molar-refractivity contribution is -0.122. The molecule has 0 unspecified atom stereocenters. The molecule has 1 fully saturated rings. The van der Waals surface area contributed by atoms with E-state index in [1.807, 2.05) is 25.1 Å². The van der Waals surface area contributed by atoms with E-state index in [9.17, 15) is 14.4 Å². The van der Waals surface area contributed by atoms with Crippen molar-refractivity contribution in [3.05, 3.63) is 82.3 Å². The highest BCUT2D eigenvalue weighted by Crippen LogP contribution is 2.31. The number of hydrogen-bond acceptors (Lipinski definition) is 7. The number of halogens is 1. The van der Waals surface area contributed by atoms with Crippen LogP contribution in [0.4, 0.5) is 10.5 Å². The lowest BCUT2D eigenvalue weighted by Crippen LogP contribution is -2.54. The summed E-state index contributed by atoms with van der Waals surface area (Å²) in [5.74, 6) is 0.638. The van der Waals surface area contributed by atoms with Crippen molar-refractivity contribution in [2.75, 3.05) is 31.8 Å². The van der Waals surface area contributed by atoms with Crippen LogP contribution >= 0.6 is 15.9 Å². The molecule has 9 nitrogen and oxygen atoms in total. The zero-order chi connectivity index (χ0) is 27.1. The van der Waals surface area contributed by atoms with Gasteiger partial charge in [0.25, 0.3) is 11.8 Å². The van der Waals surface area contributed by atoms with Gasteiger partial charge in [-0.15, -0.1) is 0 Å². The first kappa shape index (κ1) is 26.7. The number of carbonyl (C=O) groups is 3. The van der Waals surface area contributed by atoms with Gasteiger partial charge in [-0.3, -0.25) is 14.9 Å². The maximum atomic E-state index is 13.1. The van der Waals surface area contributed by atoms with E-state index in [0.717, 1.165) is 9.37 Å². The predicted octanol–water partition coefficient (Wildman–Crippen LogP) is 4.98. The van der Waals surface area contributed by atoms with Crippen LogP contribution in [-0.2, 0) is 9.59 Å². The Bertz CT molecular complexity index is 1370. The fraction of sp³-hybridized carbons (Fsp3) is 0.179. The molecule has 0 aliphatic carbocycles. The molecule has 1 N–H and O–H groups in total. The van der Waals surface area contributed by atoms with Crippen molar-refractivity contribution in [2.45, 2.75) is 6.92 Å². The van der Waals surface area contributed by atoms with Gasteiger partial charge in [0.2, 0.25) is 0 Å². The van der Waals surface area contributed by atoms with Gasteiger partial charge in [-0.25, -0.2) is 9.69 Å². The largest absolute Gasteiger partial charge is 0.493 e. The molecule has 1 heterocycles. The Kier molecular flexibility index (Phi) is 8.65. The highest BCUT2D eigenvalue weighted by atomic mass is 79.9. The highest BCUT2D eigenvalue weighted by Gasteiger charge is 2.36. The summed E-state index contributed by atoms with van der Waals surface area (Å²) in [4.78, 5) is 39.0. The molecule has 1 aliphatic heterocycles. The average Bonchev–Trinajstić information content (AvgIpc) is 2.91. The number of nitrogens with one attached hydrogen (secondary N) is 1. The molecule has 0 atom stereocenters. The highest BCUT2D eigenvalue weighted by molar-refractivity contribution is 9.10. The number of amides is 4. The molecule has 1 saturated heterocycles. The van der Waals surface area contributed by atoms with Crippen molar-refractivity contribution >= 4 is 45.5 Å². The monoisotopic (exact) mass is 580 g/mol. The topological polar surface area (TPSA) is 103 Å². The zero-order valence-corrected chi connectivity index (χ0v) is 22.3. The number of benzene rings is 3. The van der Waals surface area contributed by atoms with E-state index in [-0.39, 0.29) is 18.8 Å². The number of rotatable bonds is 10. The van der Waals surface area contributed by atoms with Crippen LogP contribution in [0.25, 0.3) is 6.08 Å². The number of imide groups is 2. The predicted molar refractivity (Wildman–Crippen MR) is 145 cm³/mol. The fourth-order valence-corrected chi connectivity index (χ4v) is 3.96. The smallest absolute Gasteiger partial charge is 0.335 e. The third kappa shape index (κ3) is 6.15. The molecule has 38 heavy (non-hydrogen) atoms. The molecule has 196 valence electrons. The lowest BCUT2D eigenvalue weighted by Gasteiger charge is -2.26. The van der Waals surface area contributed by atoms with Crippen molar-refractivity contribution < 1.29 is 33.3 Å². The zero-order valence-electron chi connectivity index (χ0n) is 20.7. The van der Waals surface area contributed by atoms with Gasteiger partial charge >= 0.3 is 6.03 Å². The van der Waals surface area contributed by atoms with Crippen LogP contribution in [-0.4, -0.2) is 44.8 Å². The number of hydrogen-bond donors (Lipinski definition) is 1. The van der Waals surface area contributed by atoms with E-state index in [1.54, 1.807) is 55.6 Å². The Morgan fingerprint density at radius 2 is 1.50 bits per heavy atom. The molecule has 10 heteroatoms. The summed E-state index contributed by atoms with van der Waals surface area (Å²) in [6.45, 7) is 2.72. The molecule has 0 aromatic heterocycles. The summed E-state index contributed by atoms with van der Waals surface area (Å²) in [6.07, 6.45) is 1.41. The molecular formula is C28H25BrN2O7. The molecule has 4 rings (SSSR count). The molecule has 0 spiro atoms. The second-order valence-corrected chi connectivity index (χ2v) is 8.84. The van der Waals surface area contributed by atoms with Crippen molar-refractivity contribution in [1.29, 1.82) is 0 Å². The number of urea groups is 1. The van der Waals surface area contributed by atoms with E-state index in [4.69, 9.17) is 18.9 Å². The number of nitrogens with zero attached hydrogens (tertiary/aromatic N) is 1. The summed E-state index contributed by atoms with van der Waals surface area (Å²) >= 11 is 3.32. The standard InChI is InChI=1S/C28H25BrN2O7/c1-3-36-25-17-18(8-13-24(25)38-15-14-37-23-7-5-4-6-22(23)35-2)16-21-26(32)30-28(34)31(27(21)33)20-11-9-19(29)10-12-20/h4-13,16-17H,3,14-15H2,1-2H3,(H,30,32,34)/b21-16-. The molecule has 4 amide bonds. The van der Waals surface area contributed by atoms with Gasteiger partial charge in [0.15, 0.2) is 23.0 Å². The van der Waals surface area contributed by atoms with Gasteiger partial charge in [0, 0.05) is 4.47 Å². The van der Waals surface area contributed by atoms with Gasteiger partial charge in [-0.2, -0.15) is 0 Å². The van der Waals surface area contributed by atoms with Crippen LogP contribution in [0.15, 0.2) is 76.8 Å². The van der Waals surface area contributed by atoms with E-state index < -0.39 is 17.8 Å². The summed E-state index contributed by atoms with van der Waals surface area (Å²) in [5, 5.41) is 2.22. The molecule has 3 aromatic carbocycles. The Morgan fingerprint density at radius 3 is 2.16 bits per heavy atom. The number of carbonyl (C=O) groups excluding carboxylic acids is 3. The number of methoxy groups -OCH3 is 1. The molecule has 0 radical (unpaired) electrons. The van der Waals surface area contributed by atoms with Crippen molar-refractivity contribution in [1.82, 2.24) is 5.32 Å². The number of para-hydroxylation sites is 2. The third-order valence-electron chi connectivity index (χ3n) is 5.43. The summed E-state index contributed by atoms with van der Waals surface area (Å²) in [5.41, 5.74) is 0.673. The van der Waals surface area contributed by atoms with E-state index in [2.05, 4.69) is 21.2 Å². The summed E-state index contributed by atoms with van der Waals surface area (Å²) in [6, 6.07) is 18.1. The number of barbiturate groups is 1. The molecular weight excluding hydrogens is 556 g/mol. The van der Waals surface area contributed by atoms with E-state index in [1.165, 1.54) is 6.08 Å². The second-order valence-electron chi connectivity index (χ2n) is 7.92. The van der Waals surface area contributed by atoms with Crippen LogP contribution in [0.1, 0.15) is 12.5 Å². The quantitative estimate of drug-likeness (QED) is 0.205. The van der Waals surface area contributed by atoms with Crippen LogP contribution in [0.5, 0.6) is 23.0 Å². The minimum atomic E-state index is -0.812. The average molecular weight is 581 g/mol. The van der Waals surface area contributed by atoms with Gasteiger partial charge in [-0.1, -0.05) is 34.1 Å². The van der Waals surface area contributed by atoms with Crippen molar-refractivity contribution in [3.8, 4) is 23.0 Å². The Hall–Kier alpha value is -4.31. The fourth-order valence-electron chi connectivity index (χ4n) is 3.69. The first-order valence-electron chi connectivity index (χ1n) is 11.7. The normalized spacial score (nSPS) is 14.3. The molecule has 0 bridgehead atoms. The van der Waals surface area contributed by atoms with E-state index >= 15 is 0 Å². The van der Waals surface area contributed by atoms with Gasteiger partial charge in [0.05, 0.1) is 19.4 Å². The first-order chi connectivity index (χ1) is 18.4. The van der Waals surface area contributed by atoms with Crippen LogP contribution < -0.4 is 29.2 Å². The van der Waals surface area contributed by atoms with Crippen molar-refractivity contribution in [2.24, 2.45) is 0 Å². The molecule has 0 saturated carbocycles. The van der Waals surface area contributed by atoms with E-state index in [0.29, 0.717) is 40.9 Å². The molecule has 3 aromatic rings. The summed E-state index contributed by atoms with van der Waals surface area (Å²) < 4.78 is 23.4. The minimum absolute atomic E-state index is 0.186. The van der Waals surface area contributed by atoms with Crippen molar-refractivity contribution in [3.63, 3.8) is 0 Å². The van der Waals surface area contributed by atoms with Gasteiger partial charge < -0.3 is 18.9 Å². The third-order valence-corrected chi connectivity index (χ3v) is 5.96. The minimum Gasteiger partial charge on any atom is -0.493 e. The first-order valence-corrected chi connectivity index (χ1v) is 12.5. The second kappa shape index (κ2) is 12.3. The Morgan fingerprint density at radius 1 is 0.842 bits per heavy atom. The van der Waals surface area contributed by atoms with Crippen LogP contribution in [0.2, 0.25) is 0 Å². The van der Waals surface area contributed by atoms with Gasteiger partial charge in [0.1, 0.15) is 18.8 Å². The SMILES string of the molecule is CCOc1cc(/C=C2/C(=O)NC(=O)N(c3ccc(Br)cc3)C2=O)ccc1OCCOc1ccccc1OC. The number of anilines is 1. The number of ether oxygens (including phenoxy) is 4. The Labute approximate surface area is 228 Å². The maximum Gasteiger partial charge on any atom is 0.335 e. The van der Waals surface area contributed by atoms with Crippen LogP contribution in [0, 0.1) is 0 Å². The lowest BCUT2D eigenvalue weighted by atomic mass is 10.1. The van der Waals surface area contributed by atoms with Crippen LogP contribution in [0.3, 0.4) is 0 Å². The van der Waals surface area contributed by atoms with Gasteiger partial charge in [-0.05, 0) is 67.1 Å². The molecule has 1 aliphatic rings. The maximum absolute atomic E-state index is 13.1. The summed E-state index contributed by atoms with van der Waals surface area (Å²) in [7, 11) is 1.57. The Balaban J connectivity index is 1.50.